The molecule has 2 heterocycles. The van der Waals surface area contributed by atoms with E-state index in [4.69, 9.17) is 9.84 Å². The Morgan fingerprint density at radius 3 is 3.12 bits per heavy atom. The lowest BCUT2D eigenvalue weighted by Gasteiger charge is -2.31. The molecule has 1 aliphatic heterocycles. The number of hydrogen-bond acceptors (Lipinski definition) is 3. The monoisotopic (exact) mass is 300 g/mol. The first-order chi connectivity index (χ1) is 8.08. The van der Waals surface area contributed by atoms with Crippen molar-refractivity contribution in [2.24, 2.45) is 0 Å². The number of nitrogens with zero attached hydrogens (tertiary/aromatic N) is 2. The average Bonchev–Trinajstić information content (AvgIpc) is 2.33. The van der Waals surface area contributed by atoms with Gasteiger partial charge in [0.15, 0.2) is 0 Å². The Hall–Kier alpha value is -1.14. The molecule has 1 amide bonds. The molecule has 1 fully saturated rings. The molecule has 0 aliphatic carbocycles. The molecule has 0 bridgehead atoms. The van der Waals surface area contributed by atoms with Crippen LogP contribution in [0.2, 0.25) is 0 Å². The Kier molecular flexibility index (Phi) is 3.63. The molecule has 0 saturated carbocycles. The van der Waals surface area contributed by atoms with Gasteiger partial charge in [0, 0.05) is 18.3 Å². The molecule has 5 nitrogen and oxygen atoms in total. The van der Waals surface area contributed by atoms with Crippen LogP contribution in [-0.2, 0) is 4.74 Å². The van der Waals surface area contributed by atoms with Crippen LogP contribution in [0.25, 0.3) is 0 Å². The summed E-state index contributed by atoms with van der Waals surface area (Å²) >= 11 is 3.33. The number of aromatic nitrogens is 1. The highest BCUT2D eigenvalue weighted by Crippen LogP contribution is 2.24. The lowest BCUT2D eigenvalue weighted by Crippen LogP contribution is -2.41. The summed E-state index contributed by atoms with van der Waals surface area (Å²) < 4.78 is 6.38. The summed E-state index contributed by atoms with van der Waals surface area (Å²) in [5.74, 6) is 0. The van der Waals surface area contributed by atoms with Crippen molar-refractivity contribution in [2.45, 2.75) is 13.0 Å². The molecule has 1 aliphatic rings. The summed E-state index contributed by atoms with van der Waals surface area (Å²) in [5, 5.41) is 8.95. The molecule has 0 aromatic carbocycles. The van der Waals surface area contributed by atoms with Gasteiger partial charge in [0.1, 0.15) is 10.7 Å². The second-order valence-corrected chi connectivity index (χ2v) is 4.72. The Morgan fingerprint density at radius 2 is 2.47 bits per heavy atom. The molecule has 0 radical (unpaired) electrons. The first kappa shape index (κ1) is 12.3. The van der Waals surface area contributed by atoms with E-state index < -0.39 is 6.09 Å². The summed E-state index contributed by atoms with van der Waals surface area (Å²) in [7, 11) is 0. The third-order valence-electron chi connectivity index (χ3n) is 2.74. The predicted octanol–water partition coefficient (Wildman–Crippen LogP) is 2.20. The zero-order chi connectivity index (χ0) is 12.4. The van der Waals surface area contributed by atoms with Gasteiger partial charge in [0.05, 0.1) is 13.2 Å². The number of carboxylic acid groups (broad SMARTS) is 1. The fourth-order valence-corrected chi connectivity index (χ4v) is 2.00. The quantitative estimate of drug-likeness (QED) is 0.808. The topological polar surface area (TPSA) is 62.7 Å². The number of aryl methyl sites for hydroxylation is 1. The van der Waals surface area contributed by atoms with Gasteiger partial charge >= 0.3 is 6.09 Å². The molecule has 1 saturated heterocycles. The van der Waals surface area contributed by atoms with E-state index in [-0.39, 0.29) is 6.10 Å². The summed E-state index contributed by atoms with van der Waals surface area (Å²) in [6.07, 6.45) is 0.590. The first-order valence-corrected chi connectivity index (χ1v) is 6.08. The van der Waals surface area contributed by atoms with Crippen molar-refractivity contribution in [3.05, 3.63) is 28.0 Å². The Labute approximate surface area is 108 Å². The maximum absolute atomic E-state index is 10.9. The van der Waals surface area contributed by atoms with Gasteiger partial charge in [-0.1, -0.05) is 0 Å². The van der Waals surface area contributed by atoms with Gasteiger partial charge in [-0.2, -0.15) is 0 Å². The fraction of sp³-hybridized carbons (Fsp3) is 0.455. The third kappa shape index (κ3) is 2.76. The molecule has 1 N–H and O–H groups in total. The minimum atomic E-state index is -0.903. The van der Waals surface area contributed by atoms with Gasteiger partial charge in [-0.3, -0.25) is 0 Å². The van der Waals surface area contributed by atoms with E-state index in [9.17, 15) is 4.79 Å². The number of rotatable bonds is 1. The highest BCUT2D eigenvalue weighted by Gasteiger charge is 2.25. The number of halogens is 1. The molecule has 1 unspecified atom stereocenters. The number of pyridine rings is 1. The molecule has 0 spiro atoms. The van der Waals surface area contributed by atoms with Crippen LogP contribution in [-0.4, -0.2) is 40.8 Å². The number of hydrogen-bond donors (Lipinski definition) is 1. The maximum Gasteiger partial charge on any atom is 0.407 e. The predicted molar refractivity (Wildman–Crippen MR) is 65.0 cm³/mol. The van der Waals surface area contributed by atoms with E-state index in [2.05, 4.69) is 20.9 Å². The number of carbonyl (C=O) groups is 1. The normalized spacial score (nSPS) is 20.4. The average molecular weight is 301 g/mol. The molecule has 1 aromatic heterocycles. The molecule has 17 heavy (non-hydrogen) atoms. The van der Waals surface area contributed by atoms with Crippen LogP contribution in [0.5, 0.6) is 0 Å². The second-order valence-electron chi connectivity index (χ2n) is 3.96. The second kappa shape index (κ2) is 5.01. The fourth-order valence-electron chi connectivity index (χ4n) is 1.78. The zero-order valence-electron chi connectivity index (χ0n) is 9.39. The lowest BCUT2D eigenvalue weighted by atomic mass is 10.1. The van der Waals surface area contributed by atoms with E-state index in [1.54, 1.807) is 6.20 Å². The summed E-state index contributed by atoms with van der Waals surface area (Å²) in [5.41, 5.74) is 1.93. The van der Waals surface area contributed by atoms with Gasteiger partial charge in [-0.15, -0.1) is 0 Å². The summed E-state index contributed by atoms with van der Waals surface area (Å²) in [6.45, 7) is 3.15. The van der Waals surface area contributed by atoms with Gasteiger partial charge in [-0.05, 0) is 34.5 Å². The first-order valence-electron chi connectivity index (χ1n) is 5.29. The van der Waals surface area contributed by atoms with Crippen LogP contribution < -0.4 is 0 Å². The SMILES string of the molecule is Cc1cc(C2CN(C(=O)O)CCO2)cnc1Br. The Balaban J connectivity index is 2.16. The van der Waals surface area contributed by atoms with Crippen molar-refractivity contribution in [1.82, 2.24) is 9.88 Å². The van der Waals surface area contributed by atoms with Crippen LogP contribution in [0.4, 0.5) is 4.79 Å². The van der Waals surface area contributed by atoms with Crippen LogP contribution in [0.1, 0.15) is 17.2 Å². The van der Waals surface area contributed by atoms with Gasteiger partial charge < -0.3 is 14.7 Å². The molecule has 1 atom stereocenters. The number of morpholine rings is 1. The molecular formula is C11H13BrN2O3. The van der Waals surface area contributed by atoms with Crippen molar-refractivity contribution in [3.8, 4) is 0 Å². The largest absolute Gasteiger partial charge is 0.465 e. The van der Waals surface area contributed by atoms with E-state index in [0.29, 0.717) is 19.7 Å². The van der Waals surface area contributed by atoms with Crippen molar-refractivity contribution < 1.29 is 14.6 Å². The molecule has 92 valence electrons. The van der Waals surface area contributed by atoms with Crippen LogP contribution >= 0.6 is 15.9 Å². The van der Waals surface area contributed by atoms with Crippen LogP contribution in [0, 0.1) is 6.92 Å². The van der Waals surface area contributed by atoms with E-state index in [0.717, 1.165) is 15.7 Å². The Morgan fingerprint density at radius 1 is 1.71 bits per heavy atom. The lowest BCUT2D eigenvalue weighted by molar-refractivity contribution is -0.0233. The summed E-state index contributed by atoms with van der Waals surface area (Å²) in [6, 6.07) is 1.97. The number of amides is 1. The highest BCUT2D eigenvalue weighted by atomic mass is 79.9. The number of ether oxygens (including phenoxy) is 1. The van der Waals surface area contributed by atoms with Gasteiger partial charge in [0.25, 0.3) is 0 Å². The zero-order valence-corrected chi connectivity index (χ0v) is 11.0. The van der Waals surface area contributed by atoms with Crippen LogP contribution in [0.3, 0.4) is 0 Å². The van der Waals surface area contributed by atoms with Gasteiger partial charge in [0.2, 0.25) is 0 Å². The minimum Gasteiger partial charge on any atom is -0.465 e. The van der Waals surface area contributed by atoms with Crippen molar-refractivity contribution in [1.29, 1.82) is 0 Å². The highest BCUT2D eigenvalue weighted by molar-refractivity contribution is 9.10. The smallest absolute Gasteiger partial charge is 0.407 e. The molecular weight excluding hydrogens is 288 g/mol. The van der Waals surface area contributed by atoms with Crippen molar-refractivity contribution in [2.75, 3.05) is 19.7 Å². The molecule has 2 rings (SSSR count). The van der Waals surface area contributed by atoms with Crippen LogP contribution in [0.15, 0.2) is 16.9 Å². The van der Waals surface area contributed by atoms with Gasteiger partial charge in [-0.25, -0.2) is 9.78 Å². The minimum absolute atomic E-state index is 0.223. The standard InChI is InChI=1S/C11H13BrN2O3/c1-7-4-8(5-13-10(7)12)9-6-14(11(15)16)2-3-17-9/h4-5,9H,2-3,6H2,1H3,(H,15,16). The van der Waals surface area contributed by atoms with E-state index in [1.165, 1.54) is 4.90 Å². The van der Waals surface area contributed by atoms with E-state index in [1.807, 2.05) is 13.0 Å². The maximum atomic E-state index is 10.9. The molecule has 6 heteroatoms. The van der Waals surface area contributed by atoms with Crippen molar-refractivity contribution in [3.63, 3.8) is 0 Å². The summed E-state index contributed by atoms with van der Waals surface area (Å²) in [4.78, 5) is 16.5. The third-order valence-corrected chi connectivity index (χ3v) is 3.57. The van der Waals surface area contributed by atoms with Crippen molar-refractivity contribution >= 4 is 22.0 Å². The van der Waals surface area contributed by atoms with E-state index >= 15 is 0 Å². The molecule has 1 aromatic rings. The Bertz CT molecular complexity index is 439.